The maximum Gasteiger partial charge on any atom is 0.241 e. The number of nitrogens with two attached hydrogens (primary N) is 4. The molecule has 2 heterocycles. The van der Waals surface area contributed by atoms with Gasteiger partial charge in [0.25, 0.3) is 0 Å². The zero-order valence-corrected chi connectivity index (χ0v) is 38.4. The van der Waals surface area contributed by atoms with Gasteiger partial charge in [-0.25, -0.2) is 26.8 Å². The number of sulfonamides is 2. The van der Waals surface area contributed by atoms with Gasteiger partial charge in [-0.3, -0.25) is 9.59 Å². The van der Waals surface area contributed by atoms with E-state index in [0.717, 1.165) is 25.7 Å². The van der Waals surface area contributed by atoms with E-state index in [1.165, 1.54) is 50.9 Å². The summed E-state index contributed by atoms with van der Waals surface area (Å²) < 4.78 is 68.1. The van der Waals surface area contributed by atoms with E-state index >= 15 is 0 Å². The van der Waals surface area contributed by atoms with E-state index in [1.807, 2.05) is 0 Å². The van der Waals surface area contributed by atoms with Gasteiger partial charge >= 0.3 is 0 Å². The fraction of sp³-hybridized carbons (Fsp3) is 0.421. The Labute approximate surface area is 381 Å². The minimum absolute atomic E-state index is 0. The predicted molar refractivity (Wildman–Crippen MR) is 245 cm³/mol. The Morgan fingerprint density at radius 3 is 1.32 bits per heavy atom. The number of halogens is 3. The van der Waals surface area contributed by atoms with E-state index in [1.54, 1.807) is 12.1 Å². The van der Waals surface area contributed by atoms with Crippen LogP contribution in [0.25, 0.3) is 21.5 Å². The van der Waals surface area contributed by atoms with Crippen molar-refractivity contribution in [1.29, 1.82) is 0 Å². The molecule has 2 aromatic carbocycles. The third kappa shape index (κ3) is 12.3. The van der Waals surface area contributed by atoms with E-state index in [9.17, 15) is 26.4 Å². The van der Waals surface area contributed by atoms with Crippen LogP contribution in [-0.4, -0.2) is 102 Å². The average molecular weight is 974 g/mol. The zero-order valence-electron chi connectivity index (χ0n) is 34.4. The molecule has 12 N–H and O–H groups in total. The number of carbonyl (C=O) groups excluding carboxylic acids is 2. The van der Waals surface area contributed by atoms with Gasteiger partial charge in [-0.15, -0.1) is 12.4 Å². The highest BCUT2D eigenvalue weighted by Gasteiger charge is 2.45. The molecule has 63 heavy (non-hydrogen) atoms. The predicted octanol–water partition coefficient (Wildman–Crippen LogP) is 2.72. The number of pyridine rings is 2. The Kier molecular flexibility index (Phi) is 17.7. The zero-order chi connectivity index (χ0) is 45.3. The molecule has 0 unspecified atom stereocenters. The lowest BCUT2D eigenvalue weighted by molar-refractivity contribution is -0.127. The minimum atomic E-state index is -4.05. The average Bonchev–Trinajstić information content (AvgIpc) is 3.91. The Morgan fingerprint density at radius 2 is 1.00 bits per heavy atom. The van der Waals surface area contributed by atoms with Crippen molar-refractivity contribution in [1.82, 2.24) is 30.0 Å². The number of nitrogens with zero attached hydrogens (tertiary/aromatic N) is 4. The molecular formula is C38H51Cl3N12O8S2. The first-order chi connectivity index (χ1) is 29.4. The molecule has 20 nitrogen and oxygen atoms in total. The molecule has 0 spiro atoms. The first-order valence-corrected chi connectivity index (χ1v) is 23.1. The molecular weight excluding hydrogens is 923 g/mol. The highest BCUT2D eigenvalue weighted by atomic mass is 35.5. The second-order valence-corrected chi connectivity index (χ2v) is 18.8. The number of ether oxygens (including phenoxy) is 2. The number of methoxy groups -OCH3 is 2. The van der Waals surface area contributed by atoms with Crippen molar-refractivity contribution in [3.8, 4) is 0 Å². The van der Waals surface area contributed by atoms with Gasteiger partial charge in [-0.1, -0.05) is 61.0 Å². The second kappa shape index (κ2) is 21.8. The number of rotatable bonds is 16. The summed E-state index contributed by atoms with van der Waals surface area (Å²) in [6.07, 6.45) is 7.37. The summed E-state index contributed by atoms with van der Waals surface area (Å²) in [4.78, 5) is 41.6. The van der Waals surface area contributed by atoms with Crippen LogP contribution in [0.15, 0.2) is 68.6 Å². The number of fused-ring (bicyclic) bond motifs is 2. The van der Waals surface area contributed by atoms with Crippen LogP contribution in [0.2, 0.25) is 10.0 Å². The molecule has 2 aliphatic carbocycles. The van der Waals surface area contributed by atoms with Crippen molar-refractivity contribution in [3.63, 3.8) is 0 Å². The molecule has 2 saturated carbocycles. The third-order valence-electron chi connectivity index (χ3n) is 10.3. The summed E-state index contributed by atoms with van der Waals surface area (Å²) in [5.41, 5.74) is 19.4. The van der Waals surface area contributed by atoms with Crippen LogP contribution in [0.4, 0.5) is 11.6 Å². The molecule has 344 valence electrons. The molecule has 4 aromatic rings. The minimum Gasteiger partial charge on any atom is -0.383 e. The van der Waals surface area contributed by atoms with Crippen LogP contribution >= 0.6 is 35.6 Å². The maximum atomic E-state index is 13.2. The molecule has 0 atom stereocenters. The Bertz CT molecular complexity index is 2410. The van der Waals surface area contributed by atoms with E-state index < -0.39 is 31.1 Å². The Balaban J connectivity index is 0.000000272. The lowest BCUT2D eigenvalue weighted by Crippen LogP contribution is -2.57. The van der Waals surface area contributed by atoms with Gasteiger partial charge in [0.1, 0.15) is 11.1 Å². The van der Waals surface area contributed by atoms with Crippen molar-refractivity contribution in [2.45, 2.75) is 72.2 Å². The van der Waals surface area contributed by atoms with E-state index in [4.69, 9.17) is 55.6 Å². The van der Waals surface area contributed by atoms with Gasteiger partial charge in [0.15, 0.2) is 23.6 Å². The van der Waals surface area contributed by atoms with Crippen molar-refractivity contribution < 1.29 is 35.9 Å². The summed E-state index contributed by atoms with van der Waals surface area (Å²) in [5.74, 6) is -0.886. The molecule has 0 saturated heterocycles. The summed E-state index contributed by atoms with van der Waals surface area (Å²) in [5, 5.41) is 7.97. The highest BCUT2D eigenvalue weighted by Crippen LogP contribution is 2.36. The van der Waals surface area contributed by atoms with Gasteiger partial charge in [0, 0.05) is 61.2 Å². The molecule has 6 rings (SSSR count). The van der Waals surface area contributed by atoms with Crippen molar-refractivity contribution >= 4 is 113 Å². The maximum absolute atomic E-state index is 13.2. The van der Waals surface area contributed by atoms with E-state index in [-0.39, 0.29) is 57.6 Å². The van der Waals surface area contributed by atoms with Crippen LogP contribution in [0.1, 0.15) is 51.4 Å². The second-order valence-electron chi connectivity index (χ2n) is 14.6. The molecule has 2 fully saturated rings. The summed E-state index contributed by atoms with van der Waals surface area (Å²) in [6.45, 7) is 1.25. The first kappa shape index (κ1) is 51.0. The first-order valence-electron chi connectivity index (χ1n) is 19.4. The summed E-state index contributed by atoms with van der Waals surface area (Å²) >= 11 is 12.4. The van der Waals surface area contributed by atoms with Crippen molar-refractivity contribution in [2.24, 2.45) is 32.9 Å². The molecule has 0 bridgehead atoms. The molecule has 2 aromatic heterocycles. The van der Waals surface area contributed by atoms with Gasteiger partial charge in [-0.2, -0.15) is 19.4 Å². The van der Waals surface area contributed by atoms with Gasteiger partial charge in [0.2, 0.25) is 31.9 Å². The number of amides is 2. The molecule has 25 heteroatoms. The van der Waals surface area contributed by atoms with Crippen LogP contribution in [0, 0.1) is 0 Å². The van der Waals surface area contributed by atoms with Crippen LogP contribution < -0.4 is 43.0 Å². The van der Waals surface area contributed by atoms with Crippen molar-refractivity contribution in [2.75, 3.05) is 40.5 Å². The number of guanidine groups is 2. The van der Waals surface area contributed by atoms with Gasteiger partial charge in [-0.05, 0) is 49.9 Å². The molecule has 2 aliphatic rings. The van der Waals surface area contributed by atoms with Gasteiger partial charge in [0.05, 0.1) is 33.0 Å². The van der Waals surface area contributed by atoms with Crippen LogP contribution in [-0.2, 0) is 39.1 Å². The van der Waals surface area contributed by atoms with E-state index in [0.29, 0.717) is 83.6 Å². The number of nitrogens with one attached hydrogen (secondary N) is 4. The standard InChI is InChI=1S/2C19H25ClN6O4S.ClH/c2*1-30-9-8-23-17(27)19(6-2-3-7-19)26-31(28,29)12-4-5-13-14(10-12)16(25-18(21)22)24-11-15(13)20;/h2*4-5,10-11,26H,2-3,6-9H2,1H3,(H,23,27)(H4,21,22,24,25);1H. The normalized spacial score (nSPS) is 15.4. The Morgan fingerprint density at radius 1 is 0.651 bits per heavy atom. The molecule has 0 aliphatic heterocycles. The molecule has 0 radical (unpaired) electrons. The number of aliphatic imine (C=N–C) groups is 2. The van der Waals surface area contributed by atoms with Crippen LogP contribution in [0.5, 0.6) is 0 Å². The smallest absolute Gasteiger partial charge is 0.241 e. The topological polar surface area (TPSA) is 324 Å². The number of benzene rings is 2. The fourth-order valence-electron chi connectivity index (χ4n) is 7.32. The molecule has 2 amide bonds. The SMILES string of the molecule is COCCNC(=O)C1(NS(=O)(=O)c2ccc3c(Cl)cnc(N=C(N)N)c3c2)CCCC1.COCCNC(=O)C1(NS(=O)(=O)c2ccc3c(Cl)cnc(N=C(N)N)c3c2)CCCC1.Cl. The monoisotopic (exact) mass is 972 g/mol. The number of carbonyl (C=O) groups is 2. The number of aromatic nitrogens is 2. The lowest BCUT2D eigenvalue weighted by atomic mass is 9.98. The van der Waals surface area contributed by atoms with Crippen LogP contribution in [0.3, 0.4) is 0 Å². The largest absolute Gasteiger partial charge is 0.383 e. The Hall–Kier alpha value is -4.65. The van der Waals surface area contributed by atoms with Crippen molar-refractivity contribution in [3.05, 3.63) is 58.8 Å². The number of hydrogen-bond donors (Lipinski definition) is 8. The highest BCUT2D eigenvalue weighted by molar-refractivity contribution is 7.90. The van der Waals surface area contributed by atoms with Gasteiger partial charge < -0.3 is 43.0 Å². The quantitative estimate of drug-likeness (QED) is 0.0455. The fourth-order valence-corrected chi connectivity index (χ4v) is 10.6. The lowest BCUT2D eigenvalue weighted by Gasteiger charge is -2.28. The number of hydrogen-bond acceptors (Lipinski definition) is 12. The third-order valence-corrected chi connectivity index (χ3v) is 14.0. The summed E-state index contributed by atoms with van der Waals surface area (Å²) in [7, 11) is -5.05. The summed E-state index contributed by atoms with van der Waals surface area (Å²) in [6, 6.07) is 8.73. The van der Waals surface area contributed by atoms with E-state index in [2.05, 4.69) is 40.0 Å².